The molecule has 0 aliphatic heterocycles. The number of rotatable bonds is 5. The van der Waals surface area contributed by atoms with Crippen molar-refractivity contribution in [3.63, 3.8) is 0 Å². The lowest BCUT2D eigenvalue weighted by Gasteiger charge is -2.25. The molecule has 2 fully saturated rings. The van der Waals surface area contributed by atoms with Crippen molar-refractivity contribution in [1.29, 1.82) is 0 Å². The molecular weight excluding hydrogens is 248 g/mol. The first-order chi connectivity index (χ1) is 8.72. The Kier molecular flexibility index (Phi) is 3.11. The first-order valence-electron chi connectivity index (χ1n) is 6.53. The summed E-state index contributed by atoms with van der Waals surface area (Å²) in [5, 5.41) is 6.98. The fraction of sp³-hybridized carbons (Fsp3) is 0.667. The van der Waals surface area contributed by atoms with Gasteiger partial charge in [0.2, 0.25) is 0 Å². The van der Waals surface area contributed by atoms with Gasteiger partial charge in [-0.25, -0.2) is 4.98 Å². The molecule has 18 heavy (non-hydrogen) atoms. The monoisotopic (exact) mass is 266 g/mol. The Morgan fingerprint density at radius 3 is 2.78 bits per heavy atom. The SMILES string of the molecule is Nc1nc(NC2CC2)sc1C(=O)NCC1CCC1. The van der Waals surface area contributed by atoms with Gasteiger partial charge in [-0.2, -0.15) is 0 Å². The second-order valence-corrected chi connectivity index (χ2v) is 6.16. The molecule has 4 N–H and O–H groups in total. The molecule has 1 aromatic heterocycles. The van der Waals surface area contributed by atoms with E-state index in [9.17, 15) is 4.79 Å². The van der Waals surface area contributed by atoms with Gasteiger partial charge in [0.05, 0.1) is 0 Å². The molecule has 6 heteroatoms. The van der Waals surface area contributed by atoms with Crippen LogP contribution < -0.4 is 16.4 Å². The van der Waals surface area contributed by atoms with Crippen molar-refractivity contribution in [2.45, 2.75) is 38.1 Å². The first-order valence-corrected chi connectivity index (χ1v) is 7.35. The number of nitrogen functional groups attached to an aromatic ring is 1. The smallest absolute Gasteiger partial charge is 0.265 e. The average molecular weight is 266 g/mol. The van der Waals surface area contributed by atoms with Gasteiger partial charge in [-0.1, -0.05) is 17.8 Å². The standard InChI is InChI=1S/C12H18N4OS/c13-10-9(11(17)14-6-7-2-1-3-7)18-12(16-10)15-8-4-5-8/h7-8H,1-6,13H2,(H,14,17)(H,15,16). The summed E-state index contributed by atoms with van der Waals surface area (Å²) in [6.07, 6.45) is 6.12. The van der Waals surface area contributed by atoms with Crippen molar-refractivity contribution in [3.8, 4) is 0 Å². The zero-order valence-corrected chi connectivity index (χ0v) is 11.1. The van der Waals surface area contributed by atoms with Gasteiger partial charge in [0.15, 0.2) is 5.13 Å². The van der Waals surface area contributed by atoms with Crippen LogP contribution in [0.2, 0.25) is 0 Å². The zero-order valence-electron chi connectivity index (χ0n) is 10.2. The van der Waals surface area contributed by atoms with Gasteiger partial charge in [0, 0.05) is 12.6 Å². The first kappa shape index (κ1) is 11.8. The molecule has 2 aliphatic rings. The summed E-state index contributed by atoms with van der Waals surface area (Å²) < 4.78 is 0. The van der Waals surface area contributed by atoms with E-state index in [1.807, 2.05) is 0 Å². The molecule has 0 unspecified atom stereocenters. The molecule has 2 saturated carbocycles. The van der Waals surface area contributed by atoms with Crippen molar-refractivity contribution in [2.24, 2.45) is 5.92 Å². The van der Waals surface area contributed by atoms with Crippen LogP contribution >= 0.6 is 11.3 Å². The van der Waals surface area contributed by atoms with E-state index in [2.05, 4.69) is 15.6 Å². The van der Waals surface area contributed by atoms with Crippen LogP contribution in [0.5, 0.6) is 0 Å². The number of nitrogens with zero attached hydrogens (tertiary/aromatic N) is 1. The van der Waals surface area contributed by atoms with Gasteiger partial charge in [-0.15, -0.1) is 0 Å². The third-order valence-electron chi connectivity index (χ3n) is 3.54. The van der Waals surface area contributed by atoms with Crippen LogP contribution in [0.3, 0.4) is 0 Å². The quantitative estimate of drug-likeness (QED) is 0.759. The molecular formula is C12H18N4OS. The number of thiazole rings is 1. The predicted molar refractivity (Wildman–Crippen MR) is 72.8 cm³/mol. The summed E-state index contributed by atoms with van der Waals surface area (Å²) in [4.78, 5) is 16.7. The molecule has 0 aromatic carbocycles. The molecule has 0 saturated heterocycles. The van der Waals surface area contributed by atoms with Crippen LogP contribution in [-0.2, 0) is 0 Å². The lowest BCUT2D eigenvalue weighted by atomic mass is 9.85. The third-order valence-corrected chi connectivity index (χ3v) is 4.54. The molecule has 3 rings (SSSR count). The minimum Gasteiger partial charge on any atom is -0.382 e. The highest BCUT2D eigenvalue weighted by molar-refractivity contribution is 7.18. The van der Waals surface area contributed by atoms with E-state index in [-0.39, 0.29) is 5.91 Å². The summed E-state index contributed by atoms with van der Waals surface area (Å²) in [6.45, 7) is 0.765. The van der Waals surface area contributed by atoms with Crippen molar-refractivity contribution < 1.29 is 4.79 Å². The number of aromatic nitrogens is 1. The summed E-state index contributed by atoms with van der Waals surface area (Å²) in [6, 6.07) is 0.529. The Balaban J connectivity index is 1.58. The summed E-state index contributed by atoms with van der Waals surface area (Å²) in [5.41, 5.74) is 5.79. The van der Waals surface area contributed by atoms with E-state index in [1.165, 1.54) is 43.4 Å². The van der Waals surface area contributed by atoms with E-state index < -0.39 is 0 Å². The fourth-order valence-corrected chi connectivity index (χ4v) is 2.85. The lowest BCUT2D eigenvalue weighted by molar-refractivity contribution is 0.0944. The van der Waals surface area contributed by atoms with E-state index in [1.54, 1.807) is 0 Å². The summed E-state index contributed by atoms with van der Waals surface area (Å²) in [7, 11) is 0. The third kappa shape index (κ3) is 2.58. The second kappa shape index (κ2) is 4.76. The van der Waals surface area contributed by atoms with Crippen LogP contribution in [-0.4, -0.2) is 23.5 Å². The number of nitrogens with one attached hydrogen (secondary N) is 2. The topological polar surface area (TPSA) is 80.0 Å². The number of nitrogens with two attached hydrogens (primary N) is 1. The van der Waals surface area contributed by atoms with Crippen LogP contribution in [0.15, 0.2) is 0 Å². The zero-order chi connectivity index (χ0) is 12.5. The Morgan fingerprint density at radius 1 is 1.39 bits per heavy atom. The van der Waals surface area contributed by atoms with Gasteiger partial charge in [0.25, 0.3) is 5.91 Å². The molecule has 0 spiro atoms. The maximum atomic E-state index is 12.0. The van der Waals surface area contributed by atoms with Gasteiger partial charge >= 0.3 is 0 Å². The van der Waals surface area contributed by atoms with Gasteiger partial charge in [-0.05, 0) is 31.6 Å². The van der Waals surface area contributed by atoms with E-state index in [0.717, 1.165) is 11.7 Å². The van der Waals surface area contributed by atoms with E-state index in [0.29, 0.717) is 22.7 Å². The average Bonchev–Trinajstić information content (AvgIpc) is 2.99. The highest BCUT2D eigenvalue weighted by Crippen LogP contribution is 2.30. The van der Waals surface area contributed by atoms with Crippen molar-refractivity contribution in [1.82, 2.24) is 10.3 Å². The molecule has 1 aromatic rings. The predicted octanol–water partition coefficient (Wildman–Crippen LogP) is 1.83. The molecule has 0 radical (unpaired) electrons. The molecule has 1 heterocycles. The summed E-state index contributed by atoms with van der Waals surface area (Å²) in [5.74, 6) is 0.919. The highest BCUT2D eigenvalue weighted by atomic mass is 32.1. The number of hydrogen-bond acceptors (Lipinski definition) is 5. The highest BCUT2D eigenvalue weighted by Gasteiger charge is 2.24. The normalized spacial score (nSPS) is 19.3. The van der Waals surface area contributed by atoms with Crippen molar-refractivity contribution in [2.75, 3.05) is 17.6 Å². The Labute approximate surface area is 110 Å². The molecule has 5 nitrogen and oxygen atoms in total. The lowest BCUT2D eigenvalue weighted by Crippen LogP contribution is -2.32. The van der Waals surface area contributed by atoms with E-state index in [4.69, 9.17) is 5.73 Å². The molecule has 0 bridgehead atoms. The summed E-state index contributed by atoms with van der Waals surface area (Å²) >= 11 is 1.35. The minimum absolute atomic E-state index is 0.0826. The molecule has 98 valence electrons. The van der Waals surface area contributed by atoms with Crippen molar-refractivity contribution >= 4 is 28.2 Å². The maximum absolute atomic E-state index is 12.0. The second-order valence-electron chi connectivity index (χ2n) is 5.16. The number of hydrogen-bond donors (Lipinski definition) is 3. The van der Waals surface area contributed by atoms with Gasteiger partial charge < -0.3 is 16.4 Å². The number of anilines is 2. The number of carbonyl (C=O) groups is 1. The van der Waals surface area contributed by atoms with E-state index >= 15 is 0 Å². The van der Waals surface area contributed by atoms with Gasteiger partial charge in [-0.3, -0.25) is 4.79 Å². The molecule has 2 aliphatic carbocycles. The number of amides is 1. The van der Waals surface area contributed by atoms with Gasteiger partial charge in [0.1, 0.15) is 10.7 Å². The fourth-order valence-electron chi connectivity index (χ4n) is 1.97. The van der Waals surface area contributed by atoms with Crippen LogP contribution in [0.25, 0.3) is 0 Å². The largest absolute Gasteiger partial charge is 0.382 e. The van der Waals surface area contributed by atoms with Crippen LogP contribution in [0.1, 0.15) is 41.8 Å². The minimum atomic E-state index is -0.0826. The number of carbonyl (C=O) groups excluding carboxylic acids is 1. The van der Waals surface area contributed by atoms with Crippen molar-refractivity contribution in [3.05, 3.63) is 4.88 Å². The Morgan fingerprint density at radius 2 is 2.17 bits per heavy atom. The maximum Gasteiger partial charge on any atom is 0.265 e. The van der Waals surface area contributed by atoms with Crippen LogP contribution in [0, 0.1) is 5.92 Å². The Bertz CT molecular complexity index is 451. The molecule has 0 atom stereocenters. The Hall–Kier alpha value is -1.30. The van der Waals surface area contributed by atoms with Crippen LogP contribution in [0.4, 0.5) is 10.9 Å². The molecule has 1 amide bonds.